The van der Waals surface area contributed by atoms with Gasteiger partial charge in [0.25, 0.3) is 5.91 Å². The Labute approximate surface area is 157 Å². The molecule has 0 bridgehead atoms. The summed E-state index contributed by atoms with van der Waals surface area (Å²) >= 11 is 0. The predicted molar refractivity (Wildman–Crippen MR) is 98.9 cm³/mol. The van der Waals surface area contributed by atoms with Crippen molar-refractivity contribution in [2.24, 2.45) is 5.92 Å². The van der Waals surface area contributed by atoms with E-state index in [1.807, 2.05) is 13.0 Å². The molecule has 0 aliphatic rings. The number of ether oxygens (including phenoxy) is 1. The van der Waals surface area contributed by atoms with Crippen LogP contribution < -0.4 is 10.1 Å². The summed E-state index contributed by atoms with van der Waals surface area (Å²) in [6, 6.07) is 11.3. The molecule has 2 rings (SSSR count). The molecule has 0 spiro atoms. The number of hydrogen-bond acceptors (Lipinski definition) is 2. The highest BCUT2D eigenvalue weighted by atomic mass is 19.4. The molecule has 0 saturated heterocycles. The van der Waals surface area contributed by atoms with E-state index < -0.39 is 6.36 Å². The van der Waals surface area contributed by atoms with Gasteiger partial charge >= 0.3 is 6.36 Å². The summed E-state index contributed by atoms with van der Waals surface area (Å²) in [5, 5.41) is 2.89. The fourth-order valence-electron chi connectivity index (χ4n) is 2.68. The largest absolute Gasteiger partial charge is 0.573 e. The van der Waals surface area contributed by atoms with Crippen molar-refractivity contribution in [1.29, 1.82) is 0 Å². The molecule has 3 nitrogen and oxygen atoms in total. The third kappa shape index (κ3) is 6.96. The van der Waals surface area contributed by atoms with Gasteiger partial charge in [-0.25, -0.2) is 0 Å². The zero-order chi connectivity index (χ0) is 20.0. The number of amides is 1. The first-order valence-electron chi connectivity index (χ1n) is 8.86. The van der Waals surface area contributed by atoms with Gasteiger partial charge in [0.05, 0.1) is 0 Å². The van der Waals surface area contributed by atoms with Crippen molar-refractivity contribution in [1.82, 2.24) is 5.32 Å². The minimum absolute atomic E-state index is 0.120. The molecule has 1 N–H and O–H groups in total. The van der Waals surface area contributed by atoms with Gasteiger partial charge in [0.15, 0.2) is 0 Å². The lowest BCUT2D eigenvalue weighted by molar-refractivity contribution is -0.274. The Hall–Kier alpha value is -2.50. The highest BCUT2D eigenvalue weighted by Crippen LogP contribution is 2.25. The van der Waals surface area contributed by atoms with Crippen LogP contribution in [-0.2, 0) is 6.42 Å². The van der Waals surface area contributed by atoms with Gasteiger partial charge in [0.2, 0.25) is 0 Å². The second kappa shape index (κ2) is 8.93. The van der Waals surface area contributed by atoms with Crippen LogP contribution in [0.25, 0.3) is 0 Å². The minimum Gasteiger partial charge on any atom is -0.406 e. The topological polar surface area (TPSA) is 38.3 Å². The normalized spacial score (nSPS) is 11.5. The Morgan fingerprint density at radius 3 is 2.52 bits per heavy atom. The molecule has 0 radical (unpaired) electrons. The highest BCUT2D eigenvalue weighted by molar-refractivity contribution is 5.94. The fraction of sp³-hybridized carbons (Fsp3) is 0.381. The summed E-state index contributed by atoms with van der Waals surface area (Å²) in [6.45, 7) is 6.71. The van der Waals surface area contributed by atoms with Gasteiger partial charge in [-0.1, -0.05) is 32.0 Å². The average molecular weight is 379 g/mol. The molecule has 0 aliphatic heterocycles. The molecular formula is C21H24F3NO2. The second-order valence-electron chi connectivity index (χ2n) is 6.95. The molecule has 0 saturated carbocycles. The maximum atomic E-state index is 12.4. The number of aryl methyl sites for hydroxylation is 1. The number of benzene rings is 2. The summed E-state index contributed by atoms with van der Waals surface area (Å²) in [7, 11) is 0. The third-order valence-corrected chi connectivity index (χ3v) is 4.14. The lowest BCUT2D eigenvalue weighted by Gasteiger charge is -2.12. The summed E-state index contributed by atoms with van der Waals surface area (Å²) in [4.78, 5) is 12.2. The zero-order valence-corrected chi connectivity index (χ0v) is 15.7. The van der Waals surface area contributed by atoms with Crippen molar-refractivity contribution in [3.05, 3.63) is 64.7 Å². The van der Waals surface area contributed by atoms with Crippen LogP contribution in [0.5, 0.6) is 5.75 Å². The molecule has 146 valence electrons. The first-order valence-corrected chi connectivity index (χ1v) is 8.86. The van der Waals surface area contributed by atoms with E-state index in [1.54, 1.807) is 18.2 Å². The molecule has 0 unspecified atom stereocenters. The van der Waals surface area contributed by atoms with Crippen LogP contribution >= 0.6 is 0 Å². The molecule has 1 amide bonds. The maximum Gasteiger partial charge on any atom is 0.573 e. The molecule has 2 aromatic rings. The lowest BCUT2D eigenvalue weighted by atomic mass is 9.98. The number of halogens is 3. The van der Waals surface area contributed by atoms with Gasteiger partial charge < -0.3 is 10.1 Å². The molecular weight excluding hydrogens is 355 g/mol. The first-order chi connectivity index (χ1) is 12.6. The van der Waals surface area contributed by atoms with Gasteiger partial charge in [-0.05, 0) is 66.6 Å². The van der Waals surface area contributed by atoms with E-state index in [9.17, 15) is 18.0 Å². The molecule has 2 aromatic carbocycles. The van der Waals surface area contributed by atoms with Crippen molar-refractivity contribution in [3.63, 3.8) is 0 Å². The molecule has 27 heavy (non-hydrogen) atoms. The Morgan fingerprint density at radius 2 is 1.89 bits per heavy atom. The van der Waals surface area contributed by atoms with E-state index in [2.05, 4.69) is 23.9 Å². The fourth-order valence-corrected chi connectivity index (χ4v) is 2.68. The first kappa shape index (κ1) is 20.8. The highest BCUT2D eigenvalue weighted by Gasteiger charge is 2.31. The van der Waals surface area contributed by atoms with E-state index in [4.69, 9.17) is 0 Å². The lowest BCUT2D eigenvalue weighted by Crippen LogP contribution is -2.25. The van der Waals surface area contributed by atoms with E-state index in [0.717, 1.165) is 17.5 Å². The van der Waals surface area contributed by atoms with Gasteiger partial charge in [-0.3, -0.25) is 4.79 Å². The van der Waals surface area contributed by atoms with Crippen molar-refractivity contribution >= 4 is 5.91 Å². The van der Waals surface area contributed by atoms with Crippen LogP contribution in [0.1, 0.15) is 47.3 Å². The SMILES string of the molecule is Cc1cc(C(=O)NCCC(C)C)ccc1Cc1cccc(OC(F)(F)F)c1. The second-order valence-corrected chi connectivity index (χ2v) is 6.95. The maximum absolute atomic E-state index is 12.4. The number of nitrogens with one attached hydrogen (secondary N) is 1. The van der Waals surface area contributed by atoms with Crippen LogP contribution in [0, 0.1) is 12.8 Å². The van der Waals surface area contributed by atoms with Gasteiger partial charge in [0, 0.05) is 12.1 Å². The third-order valence-electron chi connectivity index (χ3n) is 4.14. The van der Waals surface area contributed by atoms with Crippen LogP contribution in [0.3, 0.4) is 0 Å². The standard InChI is InChI=1S/C21H24F3NO2/c1-14(2)9-10-25-20(26)18-8-7-17(15(3)11-18)12-16-5-4-6-19(13-16)27-21(22,23)24/h4-8,11,13-14H,9-10,12H2,1-3H3,(H,25,26). The summed E-state index contributed by atoms with van der Waals surface area (Å²) in [5.41, 5.74) is 3.13. The van der Waals surface area contributed by atoms with Gasteiger partial charge in [-0.15, -0.1) is 13.2 Å². The van der Waals surface area contributed by atoms with Crippen LogP contribution in [0.15, 0.2) is 42.5 Å². The number of alkyl halides is 3. The Bertz CT molecular complexity index is 785. The van der Waals surface area contributed by atoms with E-state index in [0.29, 0.717) is 30.0 Å². The molecule has 0 heterocycles. The minimum atomic E-state index is -4.71. The Morgan fingerprint density at radius 1 is 1.15 bits per heavy atom. The van der Waals surface area contributed by atoms with Crippen LogP contribution in [0.2, 0.25) is 0 Å². The van der Waals surface area contributed by atoms with Crippen LogP contribution in [0.4, 0.5) is 13.2 Å². The number of hydrogen-bond donors (Lipinski definition) is 1. The predicted octanol–water partition coefficient (Wildman–Crippen LogP) is 5.26. The molecule has 0 fully saturated rings. The quantitative estimate of drug-likeness (QED) is 0.713. The smallest absolute Gasteiger partial charge is 0.406 e. The van der Waals surface area contributed by atoms with E-state index in [-0.39, 0.29) is 11.7 Å². The van der Waals surface area contributed by atoms with E-state index >= 15 is 0 Å². The monoisotopic (exact) mass is 379 g/mol. The van der Waals surface area contributed by atoms with Crippen LogP contribution in [-0.4, -0.2) is 18.8 Å². The molecule has 0 atom stereocenters. The van der Waals surface area contributed by atoms with Crippen molar-refractivity contribution < 1.29 is 22.7 Å². The Balaban J connectivity index is 2.06. The number of carbonyl (C=O) groups is 1. The number of rotatable bonds is 7. The Kier molecular flexibility index (Phi) is 6.88. The van der Waals surface area contributed by atoms with E-state index in [1.165, 1.54) is 18.2 Å². The summed E-state index contributed by atoms with van der Waals surface area (Å²) in [6.07, 6.45) is -3.34. The number of carbonyl (C=O) groups excluding carboxylic acids is 1. The van der Waals surface area contributed by atoms with Crippen molar-refractivity contribution in [2.75, 3.05) is 6.54 Å². The zero-order valence-electron chi connectivity index (χ0n) is 15.7. The summed E-state index contributed by atoms with van der Waals surface area (Å²) < 4.78 is 41.0. The molecule has 6 heteroatoms. The van der Waals surface area contributed by atoms with Gasteiger partial charge in [0.1, 0.15) is 5.75 Å². The van der Waals surface area contributed by atoms with Gasteiger partial charge in [-0.2, -0.15) is 0 Å². The molecule has 0 aromatic heterocycles. The average Bonchev–Trinajstić information content (AvgIpc) is 2.55. The van der Waals surface area contributed by atoms with Crippen molar-refractivity contribution in [2.45, 2.75) is 40.0 Å². The van der Waals surface area contributed by atoms with Crippen molar-refractivity contribution in [3.8, 4) is 5.75 Å². The summed E-state index contributed by atoms with van der Waals surface area (Å²) in [5.74, 6) is 0.163. The molecule has 0 aliphatic carbocycles.